The van der Waals surface area contributed by atoms with Gasteiger partial charge in [-0.25, -0.2) is 0 Å². The summed E-state index contributed by atoms with van der Waals surface area (Å²) in [6.07, 6.45) is 8.06. The first kappa shape index (κ1) is 19.1. The van der Waals surface area contributed by atoms with E-state index in [9.17, 15) is 0 Å². The van der Waals surface area contributed by atoms with Crippen molar-refractivity contribution in [2.45, 2.75) is 32.1 Å². The molecule has 1 heteroatoms. The predicted molar refractivity (Wildman–Crippen MR) is 123 cm³/mol. The van der Waals surface area contributed by atoms with Gasteiger partial charge in [0.15, 0.2) is 0 Å². The molecular weight excluding hydrogens is 350 g/mol. The van der Waals surface area contributed by atoms with E-state index in [1.807, 2.05) is 12.3 Å². The molecule has 0 aliphatic rings. The SMILES string of the molecule is c1ccc(CCCCCc2ccc(-c3ccc(-c4ccccc4)cc3)nc2)cc1. The maximum Gasteiger partial charge on any atom is 0.0702 e. The van der Waals surface area contributed by atoms with E-state index < -0.39 is 0 Å². The Hall–Kier alpha value is -3.19. The number of unbranched alkanes of at least 4 members (excludes halogenated alkanes) is 2. The number of pyridine rings is 1. The van der Waals surface area contributed by atoms with E-state index >= 15 is 0 Å². The topological polar surface area (TPSA) is 12.9 Å². The maximum absolute atomic E-state index is 4.70. The van der Waals surface area contributed by atoms with Crippen LogP contribution in [0.2, 0.25) is 0 Å². The number of aromatic nitrogens is 1. The lowest BCUT2D eigenvalue weighted by molar-refractivity contribution is 0.677. The van der Waals surface area contributed by atoms with Gasteiger partial charge in [-0.2, -0.15) is 0 Å². The first-order valence-electron chi connectivity index (χ1n) is 10.5. The summed E-state index contributed by atoms with van der Waals surface area (Å²) in [4.78, 5) is 4.70. The lowest BCUT2D eigenvalue weighted by Crippen LogP contribution is -1.91. The van der Waals surface area contributed by atoms with E-state index in [1.165, 1.54) is 53.5 Å². The van der Waals surface area contributed by atoms with Gasteiger partial charge in [0.2, 0.25) is 0 Å². The van der Waals surface area contributed by atoms with Crippen molar-refractivity contribution in [2.24, 2.45) is 0 Å². The highest BCUT2D eigenvalue weighted by atomic mass is 14.7. The monoisotopic (exact) mass is 377 g/mol. The molecule has 3 aromatic carbocycles. The van der Waals surface area contributed by atoms with Crippen LogP contribution in [0.5, 0.6) is 0 Å². The van der Waals surface area contributed by atoms with Crippen LogP contribution in [-0.2, 0) is 12.8 Å². The van der Waals surface area contributed by atoms with Crippen LogP contribution in [0.1, 0.15) is 30.4 Å². The average molecular weight is 378 g/mol. The van der Waals surface area contributed by atoms with E-state index in [4.69, 9.17) is 4.98 Å². The van der Waals surface area contributed by atoms with E-state index in [-0.39, 0.29) is 0 Å². The molecule has 0 aliphatic heterocycles. The molecule has 1 nitrogen and oxygen atoms in total. The summed E-state index contributed by atoms with van der Waals surface area (Å²) in [6.45, 7) is 0. The minimum absolute atomic E-state index is 1.04. The quantitative estimate of drug-likeness (QED) is 0.292. The Labute approximate surface area is 174 Å². The molecule has 4 rings (SSSR count). The number of nitrogens with zero attached hydrogens (tertiary/aromatic N) is 1. The van der Waals surface area contributed by atoms with Gasteiger partial charge in [-0.15, -0.1) is 0 Å². The Morgan fingerprint density at radius 3 is 1.69 bits per heavy atom. The van der Waals surface area contributed by atoms with Crippen LogP contribution in [0, 0.1) is 0 Å². The zero-order chi connectivity index (χ0) is 19.7. The average Bonchev–Trinajstić information content (AvgIpc) is 2.81. The number of aryl methyl sites for hydroxylation is 2. The van der Waals surface area contributed by atoms with E-state index in [1.54, 1.807) is 0 Å². The molecule has 0 radical (unpaired) electrons. The van der Waals surface area contributed by atoms with Crippen LogP contribution < -0.4 is 0 Å². The smallest absolute Gasteiger partial charge is 0.0702 e. The molecule has 1 aromatic heterocycles. The largest absolute Gasteiger partial charge is 0.256 e. The van der Waals surface area contributed by atoms with Crippen molar-refractivity contribution in [1.29, 1.82) is 0 Å². The third kappa shape index (κ3) is 5.42. The second-order valence-electron chi connectivity index (χ2n) is 7.54. The van der Waals surface area contributed by atoms with Crippen LogP contribution in [-0.4, -0.2) is 4.98 Å². The van der Waals surface area contributed by atoms with Crippen LogP contribution in [0.15, 0.2) is 103 Å². The van der Waals surface area contributed by atoms with E-state index in [0.717, 1.165) is 12.1 Å². The fourth-order valence-corrected chi connectivity index (χ4v) is 3.69. The van der Waals surface area contributed by atoms with Gasteiger partial charge in [0.1, 0.15) is 0 Å². The summed E-state index contributed by atoms with van der Waals surface area (Å²) in [6, 6.07) is 34.3. The zero-order valence-electron chi connectivity index (χ0n) is 16.8. The van der Waals surface area contributed by atoms with Gasteiger partial charge in [-0.1, -0.05) is 97.4 Å². The van der Waals surface area contributed by atoms with Gasteiger partial charge in [0.05, 0.1) is 5.69 Å². The maximum atomic E-state index is 4.70. The highest BCUT2D eigenvalue weighted by Gasteiger charge is 2.02. The van der Waals surface area contributed by atoms with Crippen molar-refractivity contribution in [2.75, 3.05) is 0 Å². The number of hydrogen-bond acceptors (Lipinski definition) is 1. The van der Waals surface area contributed by atoms with Crippen LogP contribution in [0.4, 0.5) is 0 Å². The van der Waals surface area contributed by atoms with Gasteiger partial charge >= 0.3 is 0 Å². The first-order chi connectivity index (χ1) is 14.4. The van der Waals surface area contributed by atoms with Gasteiger partial charge in [0.25, 0.3) is 0 Å². The Kier molecular flexibility index (Phi) is 6.49. The third-order valence-electron chi connectivity index (χ3n) is 5.39. The first-order valence-corrected chi connectivity index (χ1v) is 10.5. The van der Waals surface area contributed by atoms with Crippen molar-refractivity contribution in [3.63, 3.8) is 0 Å². The summed E-state index contributed by atoms with van der Waals surface area (Å²) in [5.41, 5.74) is 7.46. The third-order valence-corrected chi connectivity index (χ3v) is 5.39. The summed E-state index contributed by atoms with van der Waals surface area (Å²) in [5.74, 6) is 0. The molecule has 0 atom stereocenters. The predicted octanol–water partition coefficient (Wildman–Crippen LogP) is 7.37. The Morgan fingerprint density at radius 1 is 0.448 bits per heavy atom. The Bertz CT molecular complexity index is 988. The molecular formula is C28H27N. The van der Waals surface area contributed by atoms with E-state index in [0.29, 0.717) is 0 Å². The molecule has 0 aliphatic carbocycles. The van der Waals surface area contributed by atoms with Crippen molar-refractivity contribution >= 4 is 0 Å². The number of rotatable bonds is 8. The molecule has 1 heterocycles. The van der Waals surface area contributed by atoms with E-state index in [2.05, 4.69) is 91.0 Å². The molecule has 0 fully saturated rings. The lowest BCUT2D eigenvalue weighted by atomic mass is 10.0. The summed E-state index contributed by atoms with van der Waals surface area (Å²) >= 11 is 0. The summed E-state index contributed by atoms with van der Waals surface area (Å²) < 4.78 is 0. The molecule has 0 amide bonds. The van der Waals surface area contributed by atoms with Gasteiger partial charge in [-0.05, 0) is 54.0 Å². The molecule has 144 valence electrons. The molecule has 0 unspecified atom stereocenters. The Balaban J connectivity index is 1.27. The highest BCUT2D eigenvalue weighted by Crippen LogP contribution is 2.24. The van der Waals surface area contributed by atoms with Crippen LogP contribution in [0.3, 0.4) is 0 Å². The highest BCUT2D eigenvalue weighted by molar-refractivity contribution is 5.68. The summed E-state index contributed by atoms with van der Waals surface area (Å²) in [7, 11) is 0. The second kappa shape index (κ2) is 9.84. The second-order valence-corrected chi connectivity index (χ2v) is 7.54. The van der Waals surface area contributed by atoms with Crippen molar-refractivity contribution in [3.8, 4) is 22.4 Å². The van der Waals surface area contributed by atoms with Crippen LogP contribution >= 0.6 is 0 Å². The minimum atomic E-state index is 1.04. The van der Waals surface area contributed by atoms with Crippen LogP contribution in [0.25, 0.3) is 22.4 Å². The molecule has 0 spiro atoms. The molecule has 0 bridgehead atoms. The number of hydrogen-bond donors (Lipinski definition) is 0. The molecule has 0 saturated heterocycles. The van der Waals surface area contributed by atoms with Crippen molar-refractivity contribution in [1.82, 2.24) is 4.98 Å². The zero-order valence-corrected chi connectivity index (χ0v) is 16.8. The van der Waals surface area contributed by atoms with Crippen molar-refractivity contribution < 1.29 is 0 Å². The molecule has 4 aromatic rings. The standard InChI is InChI=1S/C28H27N/c1-4-10-23(11-5-1)12-6-2-7-13-24-16-21-28(29-22-24)27-19-17-26(18-20-27)25-14-8-3-9-15-25/h1,3-5,8-11,14-22H,2,6-7,12-13H2. The normalized spacial score (nSPS) is 10.8. The van der Waals surface area contributed by atoms with Gasteiger partial charge in [-0.3, -0.25) is 4.98 Å². The molecule has 29 heavy (non-hydrogen) atoms. The molecule has 0 saturated carbocycles. The van der Waals surface area contributed by atoms with Gasteiger partial charge < -0.3 is 0 Å². The Morgan fingerprint density at radius 2 is 1.03 bits per heavy atom. The fourth-order valence-electron chi connectivity index (χ4n) is 3.69. The fraction of sp³-hybridized carbons (Fsp3) is 0.179. The van der Waals surface area contributed by atoms with Gasteiger partial charge in [0, 0.05) is 11.8 Å². The lowest BCUT2D eigenvalue weighted by Gasteiger charge is -2.06. The number of benzene rings is 3. The summed E-state index contributed by atoms with van der Waals surface area (Å²) in [5, 5.41) is 0. The molecule has 0 N–H and O–H groups in total. The minimum Gasteiger partial charge on any atom is -0.256 e. The van der Waals surface area contributed by atoms with Crippen molar-refractivity contribution in [3.05, 3.63) is 114 Å².